The molecule has 5 rings (SSSR count). The molecule has 1 aliphatic carbocycles. The van der Waals surface area contributed by atoms with Gasteiger partial charge in [0, 0.05) is 12.7 Å². The number of fused-ring (bicyclic) bond motifs is 1. The second-order valence-electron chi connectivity index (χ2n) is 6.36. The predicted octanol–water partition coefficient (Wildman–Crippen LogP) is 1.69. The highest BCUT2D eigenvalue weighted by Crippen LogP contribution is 2.30. The summed E-state index contributed by atoms with van der Waals surface area (Å²) in [6.07, 6.45) is 6.33. The lowest BCUT2D eigenvalue weighted by atomic mass is 10.3. The van der Waals surface area contributed by atoms with Crippen molar-refractivity contribution in [2.45, 2.75) is 18.9 Å². The van der Waals surface area contributed by atoms with Crippen LogP contribution in [0.2, 0.25) is 0 Å². The van der Waals surface area contributed by atoms with Gasteiger partial charge in [-0.3, -0.25) is 0 Å². The van der Waals surface area contributed by atoms with E-state index in [-0.39, 0.29) is 6.04 Å². The molecule has 3 N–H and O–H groups in total. The van der Waals surface area contributed by atoms with E-state index in [0.717, 1.165) is 29.3 Å². The van der Waals surface area contributed by atoms with Crippen molar-refractivity contribution in [2.24, 2.45) is 5.92 Å². The fraction of sp³-hybridized carbons (Fsp3) is 0.467. The molecule has 3 aromatic rings. The van der Waals surface area contributed by atoms with Crippen LogP contribution in [0, 0.1) is 5.92 Å². The topological polar surface area (TPSA) is 106 Å². The molecule has 9 heteroatoms. The fourth-order valence-electron chi connectivity index (χ4n) is 2.70. The summed E-state index contributed by atoms with van der Waals surface area (Å²) in [6, 6.07) is 2.26. The fourth-order valence-corrected chi connectivity index (χ4v) is 2.70. The number of aromatic nitrogens is 6. The van der Waals surface area contributed by atoms with E-state index >= 15 is 0 Å². The van der Waals surface area contributed by atoms with Gasteiger partial charge < -0.3 is 20.4 Å². The van der Waals surface area contributed by atoms with E-state index in [1.165, 1.54) is 12.8 Å². The molecular weight excluding hydrogens is 308 g/mol. The van der Waals surface area contributed by atoms with Gasteiger partial charge in [0.1, 0.15) is 17.5 Å². The van der Waals surface area contributed by atoms with Crippen molar-refractivity contribution in [1.29, 1.82) is 0 Å². The number of anilines is 3. The van der Waals surface area contributed by atoms with E-state index in [1.54, 1.807) is 0 Å². The molecule has 3 aromatic heterocycles. The second-order valence-corrected chi connectivity index (χ2v) is 6.36. The molecule has 1 saturated heterocycles. The van der Waals surface area contributed by atoms with Crippen LogP contribution in [-0.2, 0) is 4.74 Å². The first-order valence-electron chi connectivity index (χ1n) is 8.21. The number of nitrogens with one attached hydrogen (secondary N) is 3. The summed E-state index contributed by atoms with van der Waals surface area (Å²) in [6.45, 7) is 2.32. The Bertz CT molecular complexity index is 863. The second kappa shape index (κ2) is 5.45. The van der Waals surface area contributed by atoms with Crippen LogP contribution in [0.5, 0.6) is 0 Å². The summed E-state index contributed by atoms with van der Waals surface area (Å²) in [5, 5.41) is 15.8. The summed E-state index contributed by atoms with van der Waals surface area (Å²) in [5.74, 6) is 2.74. The first-order valence-corrected chi connectivity index (χ1v) is 8.21. The van der Waals surface area contributed by atoms with E-state index in [9.17, 15) is 0 Å². The van der Waals surface area contributed by atoms with Gasteiger partial charge in [0.15, 0.2) is 5.82 Å². The maximum Gasteiger partial charge on any atom is 0.232 e. The lowest BCUT2D eigenvalue weighted by Crippen LogP contribution is -2.30. The number of H-pyrrole nitrogens is 1. The molecule has 2 fully saturated rings. The van der Waals surface area contributed by atoms with Crippen LogP contribution in [0.3, 0.4) is 0 Å². The number of hydrogen-bond donors (Lipinski definition) is 3. The Morgan fingerprint density at radius 3 is 3.00 bits per heavy atom. The Morgan fingerprint density at radius 1 is 1.29 bits per heavy atom. The summed E-state index contributed by atoms with van der Waals surface area (Å²) in [7, 11) is 0. The number of aromatic amines is 1. The molecule has 0 amide bonds. The molecule has 0 aromatic carbocycles. The number of nitrogens with zero attached hydrogens (tertiary/aromatic N) is 5. The summed E-state index contributed by atoms with van der Waals surface area (Å²) < 4.78 is 6.99. The normalized spacial score (nSPS) is 17.8. The first-order chi connectivity index (χ1) is 11.8. The third kappa shape index (κ3) is 2.56. The van der Waals surface area contributed by atoms with Crippen molar-refractivity contribution in [3.05, 3.63) is 18.5 Å². The minimum atomic E-state index is 0.274. The van der Waals surface area contributed by atoms with Gasteiger partial charge in [-0.25, -0.2) is 4.68 Å². The summed E-state index contributed by atoms with van der Waals surface area (Å²) in [5.41, 5.74) is 0.797. The van der Waals surface area contributed by atoms with Gasteiger partial charge in [0.2, 0.25) is 5.95 Å². The Kier molecular flexibility index (Phi) is 3.12. The Hall–Kier alpha value is -2.68. The Labute approximate surface area is 137 Å². The summed E-state index contributed by atoms with van der Waals surface area (Å²) >= 11 is 0. The standard InChI is InChI=1S/C15H18N8O/c1-2-9(1)5-17-14-11-3-4-16-13(11)19-15(20-14)18-12-6-23(22-21-12)10-7-24-8-10/h3-4,6,9-10H,1-2,5,7-8H2,(H3,16,17,18,19,20). The van der Waals surface area contributed by atoms with Crippen LogP contribution in [0.1, 0.15) is 18.9 Å². The van der Waals surface area contributed by atoms with Crippen molar-refractivity contribution >= 4 is 28.6 Å². The van der Waals surface area contributed by atoms with Gasteiger partial charge in [-0.15, -0.1) is 5.10 Å². The zero-order valence-corrected chi connectivity index (χ0v) is 13.1. The molecule has 1 aliphatic heterocycles. The van der Waals surface area contributed by atoms with E-state index < -0.39 is 0 Å². The third-order valence-electron chi connectivity index (χ3n) is 4.42. The predicted molar refractivity (Wildman–Crippen MR) is 88.3 cm³/mol. The Balaban J connectivity index is 1.39. The number of hydrogen-bond acceptors (Lipinski definition) is 7. The van der Waals surface area contributed by atoms with Crippen molar-refractivity contribution in [3.63, 3.8) is 0 Å². The van der Waals surface area contributed by atoms with Crippen molar-refractivity contribution < 1.29 is 4.74 Å². The van der Waals surface area contributed by atoms with E-state index in [2.05, 4.69) is 35.9 Å². The molecule has 0 atom stereocenters. The van der Waals surface area contributed by atoms with E-state index in [0.29, 0.717) is 25.0 Å². The maximum atomic E-state index is 5.18. The third-order valence-corrected chi connectivity index (χ3v) is 4.42. The lowest BCUT2D eigenvalue weighted by Gasteiger charge is -2.25. The zero-order chi connectivity index (χ0) is 15.9. The van der Waals surface area contributed by atoms with Gasteiger partial charge in [0.05, 0.1) is 24.8 Å². The first kappa shape index (κ1) is 13.7. The maximum absolute atomic E-state index is 5.18. The quantitative estimate of drug-likeness (QED) is 0.633. The van der Waals surface area contributed by atoms with Crippen LogP contribution in [-0.4, -0.2) is 49.7 Å². The highest BCUT2D eigenvalue weighted by Gasteiger charge is 2.23. The van der Waals surface area contributed by atoms with Gasteiger partial charge in [0.25, 0.3) is 0 Å². The molecular formula is C15H18N8O. The van der Waals surface area contributed by atoms with Gasteiger partial charge >= 0.3 is 0 Å². The van der Waals surface area contributed by atoms with Gasteiger partial charge in [-0.05, 0) is 24.8 Å². The van der Waals surface area contributed by atoms with Gasteiger partial charge in [-0.2, -0.15) is 9.97 Å². The van der Waals surface area contributed by atoms with Crippen molar-refractivity contribution in [1.82, 2.24) is 29.9 Å². The average Bonchev–Trinajstić information content (AvgIpc) is 3.04. The van der Waals surface area contributed by atoms with E-state index in [1.807, 2.05) is 23.1 Å². The minimum absolute atomic E-state index is 0.274. The number of rotatable bonds is 6. The van der Waals surface area contributed by atoms with Crippen LogP contribution in [0.25, 0.3) is 11.0 Å². The molecule has 4 heterocycles. The molecule has 0 bridgehead atoms. The minimum Gasteiger partial charge on any atom is -0.377 e. The van der Waals surface area contributed by atoms with Crippen LogP contribution in [0.4, 0.5) is 17.6 Å². The Morgan fingerprint density at radius 2 is 2.21 bits per heavy atom. The molecule has 0 unspecified atom stereocenters. The van der Waals surface area contributed by atoms with E-state index in [4.69, 9.17) is 4.74 Å². The van der Waals surface area contributed by atoms with Gasteiger partial charge in [-0.1, -0.05) is 5.21 Å². The van der Waals surface area contributed by atoms with Crippen LogP contribution in [0.15, 0.2) is 18.5 Å². The lowest BCUT2D eigenvalue weighted by molar-refractivity contribution is -0.0293. The highest BCUT2D eigenvalue weighted by molar-refractivity contribution is 5.88. The molecule has 0 spiro atoms. The average molecular weight is 326 g/mol. The molecule has 9 nitrogen and oxygen atoms in total. The zero-order valence-electron chi connectivity index (χ0n) is 13.1. The van der Waals surface area contributed by atoms with Crippen molar-refractivity contribution in [2.75, 3.05) is 30.4 Å². The van der Waals surface area contributed by atoms with Crippen molar-refractivity contribution in [3.8, 4) is 0 Å². The molecule has 24 heavy (non-hydrogen) atoms. The summed E-state index contributed by atoms with van der Waals surface area (Å²) in [4.78, 5) is 12.2. The monoisotopic (exact) mass is 326 g/mol. The molecule has 2 aliphatic rings. The largest absolute Gasteiger partial charge is 0.377 e. The molecule has 124 valence electrons. The molecule has 1 saturated carbocycles. The number of ether oxygens (including phenoxy) is 1. The van der Waals surface area contributed by atoms with Crippen LogP contribution < -0.4 is 10.6 Å². The highest BCUT2D eigenvalue weighted by atomic mass is 16.5. The molecule has 0 radical (unpaired) electrons. The smallest absolute Gasteiger partial charge is 0.232 e. The SMILES string of the molecule is c1cc2c(NCC3CC3)nc(Nc3cn(C4COC4)nn3)nc2[nH]1. The van der Waals surface area contributed by atoms with Crippen LogP contribution >= 0.6 is 0 Å².